The molecule has 2 aromatic rings. The third-order valence-electron chi connectivity index (χ3n) is 1.86. The number of thiophene rings is 1. The van der Waals surface area contributed by atoms with Crippen LogP contribution < -0.4 is 0 Å². The van der Waals surface area contributed by atoms with Gasteiger partial charge in [0.05, 0.1) is 15.3 Å². The van der Waals surface area contributed by atoms with E-state index >= 15 is 0 Å². The summed E-state index contributed by atoms with van der Waals surface area (Å²) >= 11 is 10.6. The second-order valence-electron chi connectivity index (χ2n) is 2.68. The topological polar surface area (TPSA) is 37.3 Å². The molecule has 0 spiro atoms. The van der Waals surface area contributed by atoms with Crippen LogP contribution in [0, 0.1) is 0 Å². The second kappa shape index (κ2) is 3.53. The highest BCUT2D eigenvalue weighted by Crippen LogP contribution is 2.35. The van der Waals surface area contributed by atoms with Gasteiger partial charge in [-0.2, -0.15) is 0 Å². The summed E-state index contributed by atoms with van der Waals surface area (Å²) in [5.41, 5.74) is 0.269. The standard InChI is InChI=1S/C9H4BrClO2S/c10-5-3-6(11)8-4(1-2-14-8)7(5)9(12)13/h1-3H,(H,12,13). The minimum atomic E-state index is -0.947. The summed E-state index contributed by atoms with van der Waals surface area (Å²) in [6.07, 6.45) is 0. The van der Waals surface area contributed by atoms with Crippen molar-refractivity contribution in [3.8, 4) is 0 Å². The lowest BCUT2D eigenvalue weighted by molar-refractivity contribution is 0.0698. The minimum Gasteiger partial charge on any atom is -0.478 e. The van der Waals surface area contributed by atoms with Gasteiger partial charge in [-0.25, -0.2) is 4.79 Å². The van der Waals surface area contributed by atoms with Crippen molar-refractivity contribution in [3.63, 3.8) is 0 Å². The summed E-state index contributed by atoms with van der Waals surface area (Å²) in [5.74, 6) is -0.947. The van der Waals surface area contributed by atoms with Gasteiger partial charge in [-0.05, 0) is 33.4 Å². The van der Waals surface area contributed by atoms with Crippen molar-refractivity contribution in [1.82, 2.24) is 0 Å². The van der Waals surface area contributed by atoms with Gasteiger partial charge in [0.1, 0.15) is 0 Å². The van der Waals surface area contributed by atoms with Crippen molar-refractivity contribution in [2.45, 2.75) is 0 Å². The van der Waals surface area contributed by atoms with E-state index in [0.29, 0.717) is 14.9 Å². The van der Waals surface area contributed by atoms with E-state index in [-0.39, 0.29) is 5.56 Å². The monoisotopic (exact) mass is 290 g/mol. The zero-order valence-electron chi connectivity index (χ0n) is 6.75. The van der Waals surface area contributed by atoms with E-state index < -0.39 is 5.97 Å². The number of carbonyl (C=O) groups is 1. The molecule has 0 aliphatic heterocycles. The maximum absolute atomic E-state index is 11.0. The molecule has 14 heavy (non-hydrogen) atoms. The van der Waals surface area contributed by atoms with E-state index in [4.69, 9.17) is 16.7 Å². The molecule has 72 valence electrons. The Morgan fingerprint density at radius 2 is 2.29 bits per heavy atom. The average Bonchev–Trinajstić information content (AvgIpc) is 2.51. The molecule has 2 nitrogen and oxygen atoms in total. The smallest absolute Gasteiger partial charge is 0.337 e. The third kappa shape index (κ3) is 1.43. The first-order valence-electron chi connectivity index (χ1n) is 3.69. The van der Waals surface area contributed by atoms with Crippen LogP contribution in [0.25, 0.3) is 10.1 Å². The van der Waals surface area contributed by atoms with Crippen LogP contribution in [0.5, 0.6) is 0 Å². The van der Waals surface area contributed by atoms with Crippen molar-refractivity contribution in [2.24, 2.45) is 0 Å². The number of hydrogen-bond acceptors (Lipinski definition) is 2. The molecular weight excluding hydrogens is 288 g/mol. The SMILES string of the molecule is O=C(O)c1c(Br)cc(Cl)c2sccc12. The Morgan fingerprint density at radius 1 is 1.57 bits per heavy atom. The quantitative estimate of drug-likeness (QED) is 0.862. The number of rotatable bonds is 1. The number of carboxylic acids is 1. The highest BCUT2D eigenvalue weighted by Gasteiger charge is 2.15. The van der Waals surface area contributed by atoms with E-state index in [9.17, 15) is 4.79 Å². The first kappa shape index (κ1) is 9.96. The molecule has 0 unspecified atom stereocenters. The molecule has 0 amide bonds. The molecule has 0 radical (unpaired) electrons. The summed E-state index contributed by atoms with van der Waals surface area (Å²) < 4.78 is 1.33. The Bertz CT molecular complexity index is 521. The van der Waals surface area contributed by atoms with E-state index in [1.165, 1.54) is 11.3 Å². The summed E-state index contributed by atoms with van der Waals surface area (Å²) in [5, 5.41) is 12.1. The fraction of sp³-hybridized carbons (Fsp3) is 0. The Hall–Kier alpha value is -0.580. The number of aromatic carboxylic acids is 1. The molecule has 0 saturated heterocycles. The van der Waals surface area contributed by atoms with Gasteiger partial charge < -0.3 is 5.11 Å². The number of hydrogen-bond donors (Lipinski definition) is 1. The number of benzene rings is 1. The Kier molecular flexibility index (Phi) is 2.51. The van der Waals surface area contributed by atoms with Gasteiger partial charge in [-0.15, -0.1) is 11.3 Å². The second-order valence-corrected chi connectivity index (χ2v) is 4.86. The Morgan fingerprint density at radius 3 is 2.93 bits per heavy atom. The maximum atomic E-state index is 11.0. The van der Waals surface area contributed by atoms with Gasteiger partial charge in [0.25, 0.3) is 0 Å². The third-order valence-corrected chi connectivity index (χ3v) is 3.84. The first-order chi connectivity index (χ1) is 6.61. The average molecular weight is 292 g/mol. The van der Waals surface area contributed by atoms with E-state index in [0.717, 1.165) is 4.70 Å². The zero-order chi connectivity index (χ0) is 10.3. The fourth-order valence-electron chi connectivity index (χ4n) is 1.29. The van der Waals surface area contributed by atoms with Crippen LogP contribution in [0.3, 0.4) is 0 Å². The summed E-state index contributed by atoms with van der Waals surface area (Å²) in [6.45, 7) is 0. The van der Waals surface area contributed by atoms with Gasteiger partial charge in [0.15, 0.2) is 0 Å². The minimum absolute atomic E-state index is 0.269. The molecule has 0 aliphatic rings. The molecule has 0 atom stereocenters. The van der Waals surface area contributed by atoms with Crippen LogP contribution in [0.1, 0.15) is 10.4 Å². The molecule has 1 aromatic carbocycles. The first-order valence-corrected chi connectivity index (χ1v) is 5.75. The highest BCUT2D eigenvalue weighted by atomic mass is 79.9. The van der Waals surface area contributed by atoms with Gasteiger partial charge in [-0.3, -0.25) is 0 Å². The fourth-order valence-corrected chi connectivity index (χ4v) is 3.18. The highest BCUT2D eigenvalue weighted by molar-refractivity contribution is 9.10. The van der Waals surface area contributed by atoms with E-state index in [1.54, 1.807) is 12.1 Å². The molecular formula is C9H4BrClO2S. The molecule has 0 fully saturated rings. The molecule has 1 aromatic heterocycles. The lowest BCUT2D eigenvalue weighted by Gasteiger charge is -2.02. The summed E-state index contributed by atoms with van der Waals surface area (Å²) in [6, 6.07) is 3.38. The van der Waals surface area contributed by atoms with Crippen LogP contribution in [0.15, 0.2) is 22.0 Å². The predicted molar refractivity (Wildman–Crippen MR) is 61.5 cm³/mol. The number of carboxylic acid groups (broad SMARTS) is 1. The van der Waals surface area contributed by atoms with Crippen LogP contribution in [-0.4, -0.2) is 11.1 Å². The molecule has 2 rings (SSSR count). The maximum Gasteiger partial charge on any atom is 0.337 e. The van der Waals surface area contributed by atoms with Gasteiger partial charge >= 0.3 is 5.97 Å². The molecule has 5 heteroatoms. The number of halogens is 2. The van der Waals surface area contributed by atoms with Gasteiger partial charge in [-0.1, -0.05) is 11.6 Å². The van der Waals surface area contributed by atoms with Crippen molar-refractivity contribution >= 4 is 54.9 Å². The Labute approximate surface area is 97.2 Å². The van der Waals surface area contributed by atoms with E-state index in [1.807, 2.05) is 5.38 Å². The Balaban J connectivity index is 2.93. The lowest BCUT2D eigenvalue weighted by Crippen LogP contribution is -1.98. The largest absolute Gasteiger partial charge is 0.478 e. The van der Waals surface area contributed by atoms with Crippen LogP contribution in [0.4, 0.5) is 0 Å². The summed E-state index contributed by atoms with van der Waals surface area (Å²) in [4.78, 5) is 11.0. The molecule has 0 bridgehead atoms. The van der Waals surface area contributed by atoms with Gasteiger partial charge in [0, 0.05) is 9.86 Å². The molecule has 1 heterocycles. The van der Waals surface area contributed by atoms with Gasteiger partial charge in [0.2, 0.25) is 0 Å². The molecule has 0 saturated carbocycles. The van der Waals surface area contributed by atoms with Crippen molar-refractivity contribution in [3.05, 3.63) is 32.6 Å². The van der Waals surface area contributed by atoms with Crippen LogP contribution >= 0.6 is 38.9 Å². The van der Waals surface area contributed by atoms with Crippen molar-refractivity contribution < 1.29 is 9.90 Å². The number of fused-ring (bicyclic) bond motifs is 1. The lowest BCUT2D eigenvalue weighted by atomic mass is 10.1. The molecule has 0 aliphatic carbocycles. The van der Waals surface area contributed by atoms with Crippen LogP contribution in [-0.2, 0) is 0 Å². The van der Waals surface area contributed by atoms with Crippen molar-refractivity contribution in [1.29, 1.82) is 0 Å². The summed E-state index contributed by atoms with van der Waals surface area (Å²) in [7, 11) is 0. The van der Waals surface area contributed by atoms with Crippen molar-refractivity contribution in [2.75, 3.05) is 0 Å². The molecule has 1 N–H and O–H groups in total. The van der Waals surface area contributed by atoms with E-state index in [2.05, 4.69) is 15.9 Å². The predicted octanol–water partition coefficient (Wildman–Crippen LogP) is 4.02. The normalized spacial score (nSPS) is 10.7. The zero-order valence-corrected chi connectivity index (χ0v) is 9.91. The van der Waals surface area contributed by atoms with Crippen LogP contribution in [0.2, 0.25) is 5.02 Å².